The molecule has 11 aromatic rings. The second kappa shape index (κ2) is 30.0. The first-order valence-corrected chi connectivity index (χ1v) is 39.4. The Balaban J connectivity index is 0.601. The highest BCUT2D eigenvalue weighted by atomic mass is 32.1. The molecule has 1 aromatic carbocycles. The Hall–Kier alpha value is -8.52. The highest BCUT2D eigenvalue weighted by molar-refractivity contribution is 7.80. The monoisotopic (exact) mass is 1610 g/mol. The molecule has 10 aromatic heterocycles. The van der Waals surface area contributed by atoms with Crippen LogP contribution in [0.2, 0.25) is 0 Å². The molecule has 0 aliphatic carbocycles. The number of aromatic nitrogens is 20. The van der Waals surface area contributed by atoms with E-state index in [2.05, 4.69) is 92.7 Å². The van der Waals surface area contributed by atoms with Crippen LogP contribution >= 0.6 is 43.9 Å². The number of hydrogen-bond acceptors (Lipinski definition) is 40. The number of benzene rings is 1. The number of nitrogen functional groups attached to an aromatic ring is 4. The standard InChI is InChI=1S/C56H65N25O23P4S/c57-47-42-52(66-15-61-47)78(20-71-42)38-6-28(32(10-82)96-38)101-106(86,87)93-12-34-30(8-40(98-34)80-22-73-44-49(59)63-17-68-54(44)80)103-108(90,91)95-14-36-31(9-41(100-36)81-23-74-45-50(60)64-18-69-55(45)81)104-107(88,89)94-13-35-29(7-39(99-35)79-21-72-43-48(58)62-16-67-53(43)79)102-105(84,85)92-11-33-27(83)5-37(97-33)77-24-75-46-51(65-19-70-56(46)77)76-25-1-3-26(109)4-2-25/h1-4,15-24,27-41,82-83,109H,5-14H2,(H,84,85)(H,86,87)(H,88,89)(H,90,91)(H2,57,61,66)(H2,58,62,67)(H2,59,63,68)(H2,60,64,69)(H,65,70,76)/t27-,28-,29-,30-,31-,32+,33+,34+,35+,36+,37+,38+,39+,40+,41+/m0/s1. The normalized spacial score (nSPS) is 28.2. The van der Waals surface area contributed by atoms with Gasteiger partial charge in [-0.15, -0.1) is 12.6 Å². The van der Waals surface area contributed by atoms with Crippen LogP contribution in [0.4, 0.5) is 34.8 Å². The van der Waals surface area contributed by atoms with Crippen LogP contribution in [-0.4, -0.2) is 221 Å². The van der Waals surface area contributed by atoms with E-state index in [1.165, 1.54) is 68.9 Å². The smallest absolute Gasteiger partial charge is 0.394 e. The van der Waals surface area contributed by atoms with Crippen molar-refractivity contribution in [2.45, 2.75) is 129 Å². The minimum absolute atomic E-state index is 0.00385. The first-order chi connectivity index (χ1) is 52.3. The molecule has 19 atom stereocenters. The molecule has 5 fully saturated rings. The first kappa shape index (κ1) is 74.6. The van der Waals surface area contributed by atoms with Gasteiger partial charge in [0, 0.05) is 42.7 Å². The summed E-state index contributed by atoms with van der Waals surface area (Å²) >= 11 is 4.34. The topological polar surface area (TPSA) is 644 Å². The third-order valence-electron chi connectivity index (χ3n) is 18.4. The summed E-state index contributed by atoms with van der Waals surface area (Å²) in [4.78, 5) is 110. The zero-order chi connectivity index (χ0) is 75.8. The number of nitrogens with two attached hydrogens (primary N) is 4. The summed E-state index contributed by atoms with van der Waals surface area (Å²) in [5.74, 6) is 0.462. The summed E-state index contributed by atoms with van der Waals surface area (Å²) in [7, 11) is -21.2. The molecule has 578 valence electrons. The number of nitrogens with zero attached hydrogens (tertiary/aromatic N) is 20. The van der Waals surface area contributed by atoms with E-state index in [1.54, 1.807) is 28.8 Å². The van der Waals surface area contributed by atoms with Crippen LogP contribution in [-0.2, 0) is 78.1 Å². The van der Waals surface area contributed by atoms with Gasteiger partial charge in [0.1, 0.15) is 140 Å². The van der Waals surface area contributed by atoms with Crippen LogP contribution in [0.1, 0.15) is 63.2 Å². The van der Waals surface area contributed by atoms with Crippen molar-refractivity contribution in [1.29, 1.82) is 0 Å². The largest absolute Gasteiger partial charge is 0.472 e. The first-order valence-electron chi connectivity index (χ1n) is 32.9. The molecule has 0 amide bonds. The van der Waals surface area contributed by atoms with Crippen molar-refractivity contribution in [2.24, 2.45) is 0 Å². The molecule has 5 saturated heterocycles. The Morgan fingerprint density at radius 3 is 1.04 bits per heavy atom. The van der Waals surface area contributed by atoms with E-state index >= 15 is 0 Å². The number of anilines is 6. The summed E-state index contributed by atoms with van der Waals surface area (Å²) in [5.41, 5.74) is 27.1. The predicted octanol–water partition coefficient (Wildman–Crippen LogP) is 2.35. The van der Waals surface area contributed by atoms with Gasteiger partial charge in [0.25, 0.3) is 0 Å². The lowest BCUT2D eigenvalue weighted by Crippen LogP contribution is -2.32. The lowest BCUT2D eigenvalue weighted by atomic mass is 10.2. The number of phosphoric ester groups is 4. The van der Waals surface area contributed by atoms with E-state index in [0.717, 1.165) is 17.6 Å². The molecule has 15 heterocycles. The summed E-state index contributed by atoms with van der Waals surface area (Å²) in [6.07, 6.45) is -7.82. The average molecular weight is 1610 g/mol. The van der Waals surface area contributed by atoms with Crippen molar-refractivity contribution >= 4 is 135 Å². The predicted molar refractivity (Wildman–Crippen MR) is 370 cm³/mol. The number of fused-ring (bicyclic) bond motifs is 5. The zero-order valence-corrected chi connectivity index (χ0v) is 60.4. The van der Waals surface area contributed by atoms with Gasteiger partial charge in [-0.25, -0.2) is 93.0 Å². The molecule has 16 rings (SSSR count). The Morgan fingerprint density at radius 1 is 0.404 bits per heavy atom. The maximum Gasteiger partial charge on any atom is 0.472 e. The number of ether oxygens (including phenoxy) is 5. The second-order valence-electron chi connectivity index (χ2n) is 25.3. The highest BCUT2D eigenvalue weighted by Gasteiger charge is 2.50. The van der Waals surface area contributed by atoms with E-state index in [4.69, 9.17) is 82.8 Å². The maximum absolute atomic E-state index is 14.5. The molecule has 5 aliphatic rings. The van der Waals surface area contributed by atoms with Gasteiger partial charge in [0.2, 0.25) is 0 Å². The lowest BCUT2D eigenvalue weighted by molar-refractivity contribution is -0.0632. The average Bonchev–Trinajstić information content (AvgIpc) is 1.65. The number of imidazole rings is 5. The van der Waals surface area contributed by atoms with Crippen LogP contribution in [0.5, 0.6) is 0 Å². The van der Waals surface area contributed by atoms with E-state index in [1.807, 2.05) is 0 Å². The molecule has 0 bridgehead atoms. The fraction of sp³-hybridized carbons (Fsp3) is 0.446. The zero-order valence-electron chi connectivity index (χ0n) is 55.9. The number of nitrogens with one attached hydrogen (secondary N) is 1. The maximum atomic E-state index is 14.5. The van der Waals surface area contributed by atoms with Gasteiger partial charge in [-0.2, -0.15) is 0 Å². The molecule has 5 aliphatic heterocycles. The van der Waals surface area contributed by atoms with Crippen LogP contribution in [0.3, 0.4) is 0 Å². The molecule has 4 unspecified atom stereocenters. The van der Waals surface area contributed by atoms with Crippen LogP contribution in [0, 0.1) is 0 Å². The van der Waals surface area contributed by atoms with Gasteiger partial charge in [0.05, 0.1) is 70.8 Å². The van der Waals surface area contributed by atoms with Crippen LogP contribution in [0.15, 0.2) is 92.4 Å². The van der Waals surface area contributed by atoms with Crippen molar-refractivity contribution < 1.29 is 108 Å². The number of aliphatic hydroxyl groups excluding tert-OH is 2. The summed E-state index contributed by atoms with van der Waals surface area (Å²) in [6, 6.07) is 7.20. The molecule has 48 nitrogen and oxygen atoms in total. The Kier molecular flexibility index (Phi) is 20.5. The van der Waals surface area contributed by atoms with Crippen LogP contribution < -0.4 is 28.3 Å². The molecule has 53 heteroatoms. The molecular formula is C56H65N25O23P4S. The molecule has 0 saturated carbocycles. The SMILES string of the molecule is Nc1ncnc2c1ncn2[C@H]1C[C@H](OP(=O)(O)OC[C@H]2O[C@@H](n3cnc4c(N)ncnc43)C[C@@H]2OP(=O)(O)OC[C@H]2O[C@@H](n3cnc4c(N)ncnc43)C[C@@H]2OP(=O)(O)OC[C@H]2O[C@@H](n3cnc4c(N)ncnc43)C[C@@H]2OP(=O)(O)OC[C@H]2O[C@@H](n3cnc4c(Nc5ccc(S)cc5)ncnc43)C[C@@H]2O)[C@@H](CO)O1. The number of thiol groups is 1. The quantitative estimate of drug-likeness (QED) is 0.0247. The van der Waals surface area contributed by atoms with E-state index < -0.39 is 157 Å². The molecule has 109 heavy (non-hydrogen) atoms. The summed E-state index contributed by atoms with van der Waals surface area (Å²) < 4.78 is 140. The van der Waals surface area contributed by atoms with Crippen molar-refractivity contribution in [3.63, 3.8) is 0 Å². The summed E-state index contributed by atoms with van der Waals surface area (Å²) in [6.45, 7) is -4.08. The Bertz CT molecular complexity index is 5400. The lowest BCUT2D eigenvalue weighted by Gasteiger charge is -2.25. The van der Waals surface area contributed by atoms with Crippen molar-refractivity contribution in [2.75, 3.05) is 61.3 Å². The van der Waals surface area contributed by atoms with E-state index in [-0.39, 0.29) is 100 Å². The highest BCUT2D eigenvalue weighted by Crippen LogP contribution is 2.56. The fourth-order valence-electron chi connectivity index (χ4n) is 13.2. The van der Waals surface area contributed by atoms with Gasteiger partial charge < -0.3 is 81.7 Å². The van der Waals surface area contributed by atoms with Gasteiger partial charge in [-0.3, -0.25) is 59.0 Å². The molecule has 0 spiro atoms. The summed E-state index contributed by atoms with van der Waals surface area (Å²) in [5, 5.41) is 24.7. The minimum Gasteiger partial charge on any atom is -0.394 e. The van der Waals surface area contributed by atoms with E-state index in [0.29, 0.717) is 22.7 Å². The van der Waals surface area contributed by atoms with Crippen molar-refractivity contribution in [3.05, 3.63) is 87.5 Å². The number of aliphatic hydroxyl groups is 2. The number of hydrogen-bond donors (Lipinski definition) is 12. The number of rotatable bonds is 28. The third kappa shape index (κ3) is 15.6. The van der Waals surface area contributed by atoms with Gasteiger partial charge in [-0.1, -0.05) is 0 Å². The van der Waals surface area contributed by atoms with Crippen molar-refractivity contribution in [1.82, 2.24) is 97.6 Å². The third-order valence-corrected chi connectivity index (χ3v) is 22.7. The van der Waals surface area contributed by atoms with Gasteiger partial charge in [0.15, 0.2) is 62.8 Å². The Morgan fingerprint density at radius 2 is 0.688 bits per heavy atom. The molecular weight excluding hydrogens is 1550 g/mol. The number of phosphoric acid groups is 4. The molecule has 15 N–H and O–H groups in total. The van der Waals surface area contributed by atoms with Gasteiger partial charge in [-0.05, 0) is 24.3 Å². The van der Waals surface area contributed by atoms with Crippen molar-refractivity contribution in [3.8, 4) is 0 Å². The van der Waals surface area contributed by atoms with Crippen LogP contribution in [0.25, 0.3) is 55.8 Å². The van der Waals surface area contributed by atoms with E-state index in [9.17, 15) is 48.0 Å². The Labute approximate surface area is 615 Å². The second-order valence-corrected chi connectivity index (χ2v) is 31.4. The molecule has 0 radical (unpaired) electrons. The fourth-order valence-corrected chi connectivity index (χ4v) is 17.2. The van der Waals surface area contributed by atoms with Gasteiger partial charge >= 0.3 is 31.3 Å². The minimum atomic E-state index is -5.43.